The number of halogens is 2. The fourth-order valence-corrected chi connectivity index (χ4v) is 1.68. The molecule has 0 saturated carbocycles. The van der Waals surface area contributed by atoms with Crippen molar-refractivity contribution in [1.29, 1.82) is 0 Å². The van der Waals surface area contributed by atoms with Crippen molar-refractivity contribution in [3.05, 3.63) is 65.2 Å². The molecule has 0 aliphatic carbocycles. The Labute approximate surface area is 99.1 Å². The zero-order valence-electron chi connectivity index (χ0n) is 9.50. The van der Waals surface area contributed by atoms with Gasteiger partial charge in [-0.05, 0) is 36.8 Å². The van der Waals surface area contributed by atoms with E-state index in [1.807, 2.05) is 13.0 Å². The summed E-state index contributed by atoms with van der Waals surface area (Å²) in [5.41, 5.74) is 2.06. The molecule has 0 atom stereocenters. The van der Waals surface area contributed by atoms with E-state index in [4.69, 9.17) is 0 Å². The molecule has 0 saturated heterocycles. The minimum Gasteiger partial charge on any atom is -0.381 e. The van der Waals surface area contributed by atoms with Crippen LogP contribution in [0.2, 0.25) is 0 Å². The fraction of sp³-hybridized carbons (Fsp3) is 0.143. The second kappa shape index (κ2) is 4.95. The lowest BCUT2D eigenvalue weighted by atomic mass is 10.2. The van der Waals surface area contributed by atoms with E-state index in [0.29, 0.717) is 17.8 Å². The van der Waals surface area contributed by atoms with Gasteiger partial charge in [-0.3, -0.25) is 0 Å². The first kappa shape index (κ1) is 11.6. The van der Waals surface area contributed by atoms with Crippen LogP contribution < -0.4 is 5.32 Å². The highest BCUT2D eigenvalue weighted by atomic mass is 19.1. The molecule has 3 heteroatoms. The van der Waals surface area contributed by atoms with Crippen molar-refractivity contribution in [2.24, 2.45) is 0 Å². The molecule has 0 amide bonds. The summed E-state index contributed by atoms with van der Waals surface area (Å²) in [5, 5.41) is 3.00. The van der Waals surface area contributed by atoms with Crippen molar-refractivity contribution in [3.63, 3.8) is 0 Å². The number of nitrogens with one attached hydrogen (secondary N) is 1. The summed E-state index contributed by atoms with van der Waals surface area (Å²) in [7, 11) is 0. The van der Waals surface area contributed by atoms with Gasteiger partial charge in [-0.2, -0.15) is 0 Å². The van der Waals surface area contributed by atoms with Gasteiger partial charge in [-0.25, -0.2) is 8.78 Å². The van der Waals surface area contributed by atoms with E-state index >= 15 is 0 Å². The predicted molar refractivity (Wildman–Crippen MR) is 64.9 cm³/mol. The van der Waals surface area contributed by atoms with Gasteiger partial charge in [0.25, 0.3) is 0 Å². The van der Waals surface area contributed by atoms with E-state index in [9.17, 15) is 8.78 Å². The number of hydrogen-bond acceptors (Lipinski definition) is 1. The van der Waals surface area contributed by atoms with Gasteiger partial charge in [0, 0.05) is 17.8 Å². The molecule has 1 N–H and O–H groups in total. The number of benzene rings is 2. The largest absolute Gasteiger partial charge is 0.381 e. The third-order valence-corrected chi connectivity index (χ3v) is 2.48. The van der Waals surface area contributed by atoms with E-state index in [1.54, 1.807) is 18.2 Å². The van der Waals surface area contributed by atoms with Crippen LogP contribution in [0, 0.1) is 18.6 Å². The van der Waals surface area contributed by atoms with Gasteiger partial charge in [-0.1, -0.05) is 18.2 Å². The van der Waals surface area contributed by atoms with Crippen LogP contribution in [0.15, 0.2) is 42.5 Å². The van der Waals surface area contributed by atoms with Crippen LogP contribution in [0.5, 0.6) is 0 Å². The van der Waals surface area contributed by atoms with Crippen molar-refractivity contribution in [2.45, 2.75) is 13.5 Å². The molecule has 0 aromatic heterocycles. The maximum atomic E-state index is 13.3. The Hall–Kier alpha value is -1.90. The SMILES string of the molecule is Cc1cc(F)cc(NCc2ccccc2F)c1. The Morgan fingerprint density at radius 1 is 1.06 bits per heavy atom. The van der Waals surface area contributed by atoms with Crippen molar-refractivity contribution < 1.29 is 8.78 Å². The summed E-state index contributed by atoms with van der Waals surface area (Å²) in [4.78, 5) is 0. The molecule has 0 spiro atoms. The maximum Gasteiger partial charge on any atom is 0.128 e. The average molecular weight is 233 g/mol. The molecular weight excluding hydrogens is 220 g/mol. The molecule has 0 heterocycles. The monoisotopic (exact) mass is 233 g/mol. The topological polar surface area (TPSA) is 12.0 Å². The summed E-state index contributed by atoms with van der Waals surface area (Å²) in [5.74, 6) is -0.547. The van der Waals surface area contributed by atoms with Gasteiger partial charge in [0.15, 0.2) is 0 Å². The molecule has 2 aromatic carbocycles. The van der Waals surface area contributed by atoms with E-state index in [0.717, 1.165) is 5.56 Å². The molecule has 0 unspecified atom stereocenters. The highest BCUT2D eigenvalue weighted by Gasteiger charge is 2.01. The van der Waals surface area contributed by atoms with Gasteiger partial charge in [0.2, 0.25) is 0 Å². The number of rotatable bonds is 3. The first-order valence-electron chi connectivity index (χ1n) is 5.39. The summed E-state index contributed by atoms with van der Waals surface area (Å²) < 4.78 is 26.5. The van der Waals surface area contributed by atoms with E-state index in [2.05, 4.69) is 5.32 Å². The molecule has 2 rings (SSSR count). The van der Waals surface area contributed by atoms with Crippen LogP contribution in [0.4, 0.5) is 14.5 Å². The highest BCUT2D eigenvalue weighted by Crippen LogP contribution is 2.15. The molecule has 0 fully saturated rings. The number of anilines is 1. The van der Waals surface area contributed by atoms with Gasteiger partial charge >= 0.3 is 0 Å². The van der Waals surface area contributed by atoms with Crippen molar-refractivity contribution in [2.75, 3.05) is 5.32 Å². The molecular formula is C14H13F2N. The highest BCUT2D eigenvalue weighted by molar-refractivity contribution is 5.46. The van der Waals surface area contributed by atoms with E-state index < -0.39 is 0 Å². The van der Waals surface area contributed by atoms with Crippen molar-refractivity contribution >= 4 is 5.69 Å². The van der Waals surface area contributed by atoms with E-state index in [-0.39, 0.29) is 11.6 Å². The second-order valence-electron chi connectivity index (χ2n) is 3.96. The summed E-state index contributed by atoms with van der Waals surface area (Å²) in [6, 6.07) is 11.2. The lowest BCUT2D eigenvalue weighted by Gasteiger charge is -2.08. The van der Waals surface area contributed by atoms with Gasteiger partial charge in [-0.15, -0.1) is 0 Å². The van der Waals surface area contributed by atoms with Crippen LogP contribution >= 0.6 is 0 Å². The van der Waals surface area contributed by atoms with Crippen LogP contribution in [0.1, 0.15) is 11.1 Å². The predicted octanol–water partition coefficient (Wildman–Crippen LogP) is 3.89. The minimum atomic E-state index is -0.291. The second-order valence-corrected chi connectivity index (χ2v) is 3.96. The first-order valence-corrected chi connectivity index (χ1v) is 5.39. The molecule has 0 bridgehead atoms. The Balaban J connectivity index is 2.10. The molecule has 0 aliphatic heterocycles. The molecule has 17 heavy (non-hydrogen) atoms. The maximum absolute atomic E-state index is 13.3. The first-order chi connectivity index (χ1) is 8.15. The summed E-state index contributed by atoms with van der Waals surface area (Å²) in [6.45, 7) is 2.16. The molecule has 0 aliphatic rings. The van der Waals surface area contributed by atoms with Crippen molar-refractivity contribution in [1.82, 2.24) is 0 Å². The Morgan fingerprint density at radius 3 is 2.53 bits per heavy atom. The van der Waals surface area contributed by atoms with Crippen LogP contribution in [0.3, 0.4) is 0 Å². The quantitative estimate of drug-likeness (QED) is 0.848. The molecule has 2 aromatic rings. The Bertz CT molecular complexity index is 503. The van der Waals surface area contributed by atoms with Crippen LogP contribution in [0.25, 0.3) is 0 Å². The zero-order chi connectivity index (χ0) is 12.3. The normalized spacial score (nSPS) is 10.3. The summed E-state index contributed by atoms with van der Waals surface area (Å²) in [6.07, 6.45) is 0. The third-order valence-electron chi connectivity index (χ3n) is 2.48. The Kier molecular flexibility index (Phi) is 3.38. The standard InChI is InChI=1S/C14H13F2N/c1-10-6-12(15)8-13(7-10)17-9-11-4-2-3-5-14(11)16/h2-8,17H,9H2,1H3. The lowest BCUT2D eigenvalue weighted by Crippen LogP contribution is -2.02. The summed E-state index contributed by atoms with van der Waals surface area (Å²) >= 11 is 0. The third kappa shape index (κ3) is 3.03. The van der Waals surface area contributed by atoms with Gasteiger partial charge in [0.1, 0.15) is 11.6 Å². The number of aryl methyl sites for hydroxylation is 1. The number of hydrogen-bond donors (Lipinski definition) is 1. The van der Waals surface area contributed by atoms with Crippen molar-refractivity contribution in [3.8, 4) is 0 Å². The lowest BCUT2D eigenvalue weighted by molar-refractivity contribution is 0.612. The molecule has 1 nitrogen and oxygen atoms in total. The zero-order valence-corrected chi connectivity index (χ0v) is 9.50. The fourth-order valence-electron chi connectivity index (χ4n) is 1.68. The van der Waals surface area contributed by atoms with Gasteiger partial charge in [0.05, 0.1) is 0 Å². The molecule has 88 valence electrons. The van der Waals surface area contributed by atoms with Crippen LogP contribution in [-0.2, 0) is 6.54 Å². The van der Waals surface area contributed by atoms with E-state index in [1.165, 1.54) is 18.2 Å². The minimum absolute atomic E-state index is 0.256. The Morgan fingerprint density at radius 2 is 1.82 bits per heavy atom. The smallest absolute Gasteiger partial charge is 0.128 e. The average Bonchev–Trinajstić information content (AvgIpc) is 2.27. The van der Waals surface area contributed by atoms with Crippen LogP contribution in [-0.4, -0.2) is 0 Å². The molecule has 0 radical (unpaired) electrons. The van der Waals surface area contributed by atoms with Gasteiger partial charge < -0.3 is 5.32 Å².